The van der Waals surface area contributed by atoms with Crippen molar-refractivity contribution in [3.05, 3.63) is 15.9 Å². The number of nitrogens with two attached hydrogens (primary N) is 1. The van der Waals surface area contributed by atoms with E-state index in [0.29, 0.717) is 0 Å². The molecule has 1 aliphatic carbocycles. The van der Waals surface area contributed by atoms with Crippen molar-refractivity contribution < 1.29 is 0 Å². The fourth-order valence-corrected chi connectivity index (χ4v) is 4.44. The van der Waals surface area contributed by atoms with Gasteiger partial charge in [-0.25, -0.2) is 0 Å². The highest BCUT2D eigenvalue weighted by molar-refractivity contribution is 9.10. The smallest absolute Gasteiger partial charge is 0.0738 e. The van der Waals surface area contributed by atoms with E-state index in [9.17, 15) is 0 Å². The lowest BCUT2D eigenvalue weighted by Crippen LogP contribution is -2.28. The molecule has 1 aromatic rings. The Balaban J connectivity index is 1.88. The highest BCUT2D eigenvalue weighted by Crippen LogP contribution is 2.30. The van der Waals surface area contributed by atoms with Gasteiger partial charge in [0.15, 0.2) is 0 Å². The molecule has 0 spiro atoms. The lowest BCUT2D eigenvalue weighted by atomic mass is 10.2. The second-order valence-corrected chi connectivity index (χ2v) is 7.49. The van der Waals surface area contributed by atoms with Gasteiger partial charge in [-0.15, -0.1) is 0 Å². The third-order valence-electron chi connectivity index (χ3n) is 3.76. The summed E-state index contributed by atoms with van der Waals surface area (Å²) in [4.78, 5) is 0. The molecule has 1 heterocycles. The summed E-state index contributed by atoms with van der Waals surface area (Å²) in [5.41, 5.74) is 8.61. The summed E-state index contributed by atoms with van der Waals surface area (Å²) < 4.78 is 3.20. The van der Waals surface area contributed by atoms with Gasteiger partial charge in [0.05, 0.1) is 15.9 Å². The predicted molar refractivity (Wildman–Crippen MR) is 86.7 cm³/mol. The third-order valence-corrected chi connectivity index (χ3v) is 6.35. The molecule has 2 rings (SSSR count). The summed E-state index contributed by atoms with van der Waals surface area (Å²) in [6, 6.07) is 0.225. The number of nitrogens with zero attached hydrogens (tertiary/aromatic N) is 2. The molecular weight excluding hydrogens is 322 g/mol. The van der Waals surface area contributed by atoms with Crippen LogP contribution in [0.15, 0.2) is 4.47 Å². The normalized spacial score (nSPS) is 18.1. The first-order valence-electron chi connectivity index (χ1n) is 7.20. The predicted octanol–water partition coefficient (Wildman–Crippen LogP) is 3.52. The molecule has 0 amide bonds. The standard InChI is InChI=1S/C14H24BrN3S/c1-3-18-13(14(15)10(2)17-18)8-11(16)9-19-12-6-4-5-7-12/h11-12H,3-9,16H2,1-2H3. The van der Waals surface area contributed by atoms with Crippen LogP contribution >= 0.6 is 27.7 Å². The minimum atomic E-state index is 0.225. The van der Waals surface area contributed by atoms with E-state index in [1.165, 1.54) is 31.4 Å². The number of hydrogen-bond donors (Lipinski definition) is 1. The van der Waals surface area contributed by atoms with Crippen LogP contribution < -0.4 is 5.73 Å². The Hall–Kier alpha value is -0.0000000000000000555. The topological polar surface area (TPSA) is 43.8 Å². The number of thioether (sulfide) groups is 1. The Kier molecular flexibility index (Phi) is 5.78. The van der Waals surface area contributed by atoms with E-state index in [0.717, 1.165) is 34.1 Å². The van der Waals surface area contributed by atoms with Crippen LogP contribution in [0.25, 0.3) is 0 Å². The highest BCUT2D eigenvalue weighted by Gasteiger charge is 2.19. The van der Waals surface area contributed by atoms with Gasteiger partial charge >= 0.3 is 0 Å². The minimum absolute atomic E-state index is 0.225. The molecule has 108 valence electrons. The molecule has 1 aromatic heterocycles. The Morgan fingerprint density at radius 2 is 2.16 bits per heavy atom. The maximum atomic E-state index is 6.30. The van der Waals surface area contributed by atoms with Crippen LogP contribution in [0, 0.1) is 6.92 Å². The molecule has 0 saturated heterocycles. The fraction of sp³-hybridized carbons (Fsp3) is 0.786. The third kappa shape index (κ3) is 3.99. The van der Waals surface area contributed by atoms with Crippen molar-refractivity contribution in [2.75, 3.05) is 5.75 Å². The quantitative estimate of drug-likeness (QED) is 0.857. The van der Waals surface area contributed by atoms with Gasteiger partial charge in [0.2, 0.25) is 0 Å². The number of hydrogen-bond acceptors (Lipinski definition) is 3. The second kappa shape index (κ2) is 7.14. The largest absolute Gasteiger partial charge is 0.327 e. The average molecular weight is 346 g/mol. The van der Waals surface area contributed by atoms with Crippen LogP contribution in [-0.4, -0.2) is 26.8 Å². The Morgan fingerprint density at radius 1 is 1.47 bits per heavy atom. The van der Waals surface area contributed by atoms with Crippen molar-refractivity contribution in [3.63, 3.8) is 0 Å². The molecule has 1 atom stereocenters. The number of rotatable bonds is 6. The van der Waals surface area contributed by atoms with Gasteiger partial charge in [-0.3, -0.25) is 4.68 Å². The summed E-state index contributed by atoms with van der Waals surface area (Å²) >= 11 is 5.71. The second-order valence-electron chi connectivity index (χ2n) is 5.37. The Bertz CT molecular complexity index is 413. The first-order valence-corrected chi connectivity index (χ1v) is 9.05. The molecule has 3 nitrogen and oxygen atoms in total. The van der Waals surface area contributed by atoms with Crippen molar-refractivity contribution in [1.29, 1.82) is 0 Å². The van der Waals surface area contributed by atoms with Crippen LogP contribution in [0.5, 0.6) is 0 Å². The maximum absolute atomic E-state index is 6.30. The van der Waals surface area contributed by atoms with Crippen molar-refractivity contribution in [3.8, 4) is 0 Å². The number of halogens is 1. The Morgan fingerprint density at radius 3 is 2.79 bits per heavy atom. The van der Waals surface area contributed by atoms with E-state index in [2.05, 4.69) is 44.4 Å². The summed E-state index contributed by atoms with van der Waals surface area (Å²) in [6.07, 6.45) is 6.48. The van der Waals surface area contributed by atoms with E-state index in [-0.39, 0.29) is 6.04 Å². The van der Waals surface area contributed by atoms with Crippen LogP contribution in [0.2, 0.25) is 0 Å². The Labute approximate surface area is 128 Å². The minimum Gasteiger partial charge on any atom is -0.327 e. The molecule has 5 heteroatoms. The van der Waals surface area contributed by atoms with Crippen LogP contribution in [0.4, 0.5) is 0 Å². The molecule has 19 heavy (non-hydrogen) atoms. The first kappa shape index (κ1) is 15.4. The molecule has 0 aliphatic heterocycles. The monoisotopic (exact) mass is 345 g/mol. The lowest BCUT2D eigenvalue weighted by Gasteiger charge is -2.15. The van der Waals surface area contributed by atoms with E-state index >= 15 is 0 Å². The van der Waals surface area contributed by atoms with Crippen molar-refractivity contribution in [2.45, 2.75) is 63.8 Å². The fourth-order valence-electron chi connectivity index (χ4n) is 2.69. The van der Waals surface area contributed by atoms with Gasteiger partial charge in [0.25, 0.3) is 0 Å². The van der Waals surface area contributed by atoms with E-state index < -0.39 is 0 Å². The zero-order valence-electron chi connectivity index (χ0n) is 11.9. The van der Waals surface area contributed by atoms with Crippen LogP contribution in [0.3, 0.4) is 0 Å². The molecular formula is C14H24BrN3S. The van der Waals surface area contributed by atoms with Gasteiger partial charge < -0.3 is 5.73 Å². The molecule has 1 fully saturated rings. The summed E-state index contributed by atoms with van der Waals surface area (Å²) in [6.45, 7) is 5.07. The van der Waals surface area contributed by atoms with Crippen LogP contribution in [-0.2, 0) is 13.0 Å². The number of aromatic nitrogens is 2. The molecule has 2 N–H and O–H groups in total. The van der Waals surface area contributed by atoms with E-state index in [1.54, 1.807) is 0 Å². The maximum Gasteiger partial charge on any atom is 0.0738 e. The average Bonchev–Trinajstić information content (AvgIpc) is 3.00. The number of aryl methyl sites for hydroxylation is 2. The van der Waals surface area contributed by atoms with E-state index in [1.807, 2.05) is 6.92 Å². The molecule has 0 radical (unpaired) electrons. The zero-order valence-corrected chi connectivity index (χ0v) is 14.3. The van der Waals surface area contributed by atoms with E-state index in [4.69, 9.17) is 5.73 Å². The van der Waals surface area contributed by atoms with Gasteiger partial charge in [-0.1, -0.05) is 12.8 Å². The highest BCUT2D eigenvalue weighted by atomic mass is 79.9. The van der Waals surface area contributed by atoms with Gasteiger partial charge in [0.1, 0.15) is 0 Å². The van der Waals surface area contributed by atoms with Crippen molar-refractivity contribution in [1.82, 2.24) is 9.78 Å². The molecule has 1 saturated carbocycles. The van der Waals surface area contributed by atoms with Gasteiger partial charge in [0, 0.05) is 30.0 Å². The van der Waals surface area contributed by atoms with Gasteiger partial charge in [-0.05, 0) is 42.6 Å². The molecule has 0 aromatic carbocycles. The molecule has 1 aliphatic rings. The zero-order chi connectivity index (χ0) is 13.8. The summed E-state index contributed by atoms with van der Waals surface area (Å²) in [5, 5.41) is 5.38. The first-order chi connectivity index (χ1) is 9.11. The summed E-state index contributed by atoms with van der Waals surface area (Å²) in [5.74, 6) is 1.06. The van der Waals surface area contributed by atoms with Gasteiger partial charge in [-0.2, -0.15) is 16.9 Å². The molecule has 0 bridgehead atoms. The van der Waals surface area contributed by atoms with Crippen molar-refractivity contribution in [2.24, 2.45) is 5.73 Å². The van der Waals surface area contributed by atoms with Crippen LogP contribution in [0.1, 0.15) is 44.0 Å². The van der Waals surface area contributed by atoms with Crippen molar-refractivity contribution >= 4 is 27.7 Å². The summed E-state index contributed by atoms with van der Waals surface area (Å²) in [7, 11) is 0. The lowest BCUT2D eigenvalue weighted by molar-refractivity contribution is 0.593. The molecule has 1 unspecified atom stereocenters. The SMILES string of the molecule is CCn1nc(C)c(Br)c1CC(N)CSC1CCCC1.